The Hall–Kier alpha value is -0.900. The van der Waals surface area contributed by atoms with Crippen LogP contribution in [0.4, 0.5) is 4.39 Å². The van der Waals surface area contributed by atoms with E-state index < -0.39 is 11.7 Å². The predicted octanol–water partition coefficient (Wildman–Crippen LogP) is 1.11. The van der Waals surface area contributed by atoms with Gasteiger partial charge >= 0.3 is 0 Å². The molecule has 13 heavy (non-hydrogen) atoms. The van der Waals surface area contributed by atoms with Gasteiger partial charge in [-0.05, 0) is 19.4 Å². The van der Waals surface area contributed by atoms with Crippen molar-refractivity contribution < 1.29 is 13.9 Å². The summed E-state index contributed by atoms with van der Waals surface area (Å²) < 4.78 is 18.0. The molecular weight excluding hydrogens is 173 g/mol. The summed E-state index contributed by atoms with van der Waals surface area (Å²) in [4.78, 5) is 12.7. The first kappa shape index (κ1) is 10.2. The van der Waals surface area contributed by atoms with Crippen molar-refractivity contribution in [2.24, 2.45) is 0 Å². The van der Waals surface area contributed by atoms with E-state index in [1.807, 2.05) is 0 Å². The van der Waals surface area contributed by atoms with E-state index in [9.17, 15) is 9.18 Å². The summed E-state index contributed by atoms with van der Waals surface area (Å²) in [7, 11) is 1.59. The highest BCUT2D eigenvalue weighted by atomic mass is 19.1. The minimum absolute atomic E-state index is 0.0777. The average molecular weight is 187 g/mol. The van der Waals surface area contributed by atoms with Crippen molar-refractivity contribution in [1.82, 2.24) is 4.90 Å². The molecule has 0 atom stereocenters. The van der Waals surface area contributed by atoms with Gasteiger partial charge < -0.3 is 9.64 Å². The third-order valence-corrected chi connectivity index (χ3v) is 2.10. The van der Waals surface area contributed by atoms with Crippen LogP contribution < -0.4 is 0 Å². The van der Waals surface area contributed by atoms with Gasteiger partial charge in [-0.25, -0.2) is 4.39 Å². The molecule has 0 aromatic rings. The third-order valence-electron chi connectivity index (χ3n) is 2.10. The first-order chi connectivity index (χ1) is 6.06. The summed E-state index contributed by atoms with van der Waals surface area (Å²) in [6.45, 7) is 4.16. The molecule has 1 aliphatic heterocycles. The van der Waals surface area contributed by atoms with E-state index in [2.05, 4.69) is 0 Å². The SMILES string of the molecule is COC1CN(C(=O)C(F)=C(C)C)C1. The van der Waals surface area contributed by atoms with Crippen LogP contribution in [0.1, 0.15) is 13.8 Å². The van der Waals surface area contributed by atoms with Gasteiger partial charge in [-0.3, -0.25) is 4.79 Å². The molecule has 1 rings (SSSR count). The van der Waals surface area contributed by atoms with Gasteiger partial charge in [-0.1, -0.05) is 0 Å². The zero-order valence-electron chi connectivity index (χ0n) is 8.13. The van der Waals surface area contributed by atoms with Crippen molar-refractivity contribution in [3.8, 4) is 0 Å². The molecule has 0 N–H and O–H groups in total. The van der Waals surface area contributed by atoms with Crippen molar-refractivity contribution >= 4 is 5.91 Å². The van der Waals surface area contributed by atoms with Gasteiger partial charge in [0.1, 0.15) is 0 Å². The minimum Gasteiger partial charge on any atom is -0.378 e. The molecule has 1 saturated heterocycles. The fourth-order valence-electron chi connectivity index (χ4n) is 1.11. The fraction of sp³-hybridized carbons (Fsp3) is 0.667. The second kappa shape index (κ2) is 3.87. The summed E-state index contributed by atoms with van der Waals surface area (Å²) >= 11 is 0. The van der Waals surface area contributed by atoms with Crippen molar-refractivity contribution in [1.29, 1.82) is 0 Å². The van der Waals surface area contributed by atoms with E-state index in [0.29, 0.717) is 18.7 Å². The number of likely N-dealkylation sites (tertiary alicyclic amines) is 1. The third kappa shape index (κ3) is 2.06. The first-order valence-electron chi connectivity index (χ1n) is 4.21. The highest BCUT2D eigenvalue weighted by molar-refractivity contribution is 5.92. The number of carbonyl (C=O) groups is 1. The molecule has 0 radical (unpaired) electrons. The quantitative estimate of drug-likeness (QED) is 0.606. The number of methoxy groups -OCH3 is 1. The molecule has 0 aromatic carbocycles. The second-order valence-corrected chi connectivity index (χ2v) is 3.38. The summed E-state index contributed by atoms with van der Waals surface area (Å²) in [6.07, 6.45) is 0.0777. The van der Waals surface area contributed by atoms with E-state index in [1.54, 1.807) is 21.0 Å². The number of nitrogens with zero attached hydrogens (tertiary/aromatic N) is 1. The maximum atomic E-state index is 13.1. The number of ether oxygens (including phenoxy) is 1. The topological polar surface area (TPSA) is 29.5 Å². The Balaban J connectivity index is 2.48. The van der Waals surface area contributed by atoms with E-state index in [4.69, 9.17) is 4.74 Å². The van der Waals surface area contributed by atoms with E-state index in [-0.39, 0.29) is 6.10 Å². The van der Waals surface area contributed by atoms with Crippen LogP contribution in [0.3, 0.4) is 0 Å². The number of carbonyl (C=O) groups excluding carboxylic acids is 1. The molecular formula is C9H14FNO2. The highest BCUT2D eigenvalue weighted by Gasteiger charge is 2.32. The molecule has 1 amide bonds. The van der Waals surface area contributed by atoms with Gasteiger partial charge in [-0.2, -0.15) is 0 Å². The molecule has 1 fully saturated rings. The normalized spacial score (nSPS) is 16.8. The Kier molecular flexibility index (Phi) is 3.03. The molecule has 0 unspecified atom stereocenters. The smallest absolute Gasteiger partial charge is 0.282 e. The lowest BCUT2D eigenvalue weighted by Crippen LogP contribution is -2.54. The van der Waals surface area contributed by atoms with E-state index in [0.717, 1.165) is 0 Å². The highest BCUT2D eigenvalue weighted by Crippen LogP contribution is 2.16. The predicted molar refractivity (Wildman–Crippen MR) is 46.9 cm³/mol. The molecule has 74 valence electrons. The molecule has 0 spiro atoms. The number of rotatable bonds is 2. The molecule has 0 saturated carbocycles. The van der Waals surface area contributed by atoms with Crippen LogP contribution in [0, 0.1) is 0 Å². The van der Waals surface area contributed by atoms with Gasteiger partial charge in [0, 0.05) is 20.2 Å². The van der Waals surface area contributed by atoms with Gasteiger partial charge in [-0.15, -0.1) is 0 Å². The van der Waals surface area contributed by atoms with Crippen molar-refractivity contribution in [2.45, 2.75) is 20.0 Å². The monoisotopic (exact) mass is 187 g/mol. The number of halogens is 1. The standard InChI is InChI=1S/C9H14FNO2/c1-6(2)8(10)9(12)11-4-7(5-11)13-3/h7H,4-5H2,1-3H3. The lowest BCUT2D eigenvalue weighted by molar-refractivity contribution is -0.140. The summed E-state index contributed by atoms with van der Waals surface area (Å²) in [6, 6.07) is 0. The van der Waals surface area contributed by atoms with Gasteiger partial charge in [0.05, 0.1) is 6.10 Å². The van der Waals surface area contributed by atoms with Crippen LogP contribution in [0.2, 0.25) is 0 Å². The Morgan fingerprint density at radius 2 is 2.00 bits per heavy atom. The van der Waals surface area contributed by atoms with Crippen molar-refractivity contribution in [3.63, 3.8) is 0 Å². The van der Waals surface area contributed by atoms with Crippen LogP contribution >= 0.6 is 0 Å². The second-order valence-electron chi connectivity index (χ2n) is 3.38. The van der Waals surface area contributed by atoms with Crippen LogP contribution in [0.5, 0.6) is 0 Å². The van der Waals surface area contributed by atoms with Gasteiger partial charge in [0.25, 0.3) is 5.91 Å². The Morgan fingerprint density at radius 3 is 2.38 bits per heavy atom. The number of allylic oxidation sites excluding steroid dienone is 1. The number of amides is 1. The average Bonchev–Trinajstić information content (AvgIpc) is 2.00. The van der Waals surface area contributed by atoms with Crippen LogP contribution in [-0.4, -0.2) is 37.1 Å². The van der Waals surface area contributed by atoms with Crippen molar-refractivity contribution in [2.75, 3.05) is 20.2 Å². The Bertz CT molecular complexity index is 240. The van der Waals surface area contributed by atoms with Gasteiger partial charge in [0.2, 0.25) is 0 Å². The van der Waals surface area contributed by atoms with Crippen LogP contribution in [0.25, 0.3) is 0 Å². The largest absolute Gasteiger partial charge is 0.378 e. The summed E-state index contributed by atoms with van der Waals surface area (Å²) in [5.41, 5.74) is 0.422. The van der Waals surface area contributed by atoms with Crippen molar-refractivity contribution in [3.05, 3.63) is 11.4 Å². The molecule has 4 heteroatoms. The first-order valence-corrected chi connectivity index (χ1v) is 4.21. The molecule has 0 aliphatic carbocycles. The maximum Gasteiger partial charge on any atom is 0.282 e. The number of hydrogen-bond donors (Lipinski definition) is 0. The lowest BCUT2D eigenvalue weighted by atomic mass is 10.1. The van der Waals surface area contributed by atoms with Gasteiger partial charge in [0.15, 0.2) is 5.83 Å². The summed E-state index contributed by atoms with van der Waals surface area (Å²) in [5.74, 6) is -1.16. The number of hydrogen-bond acceptors (Lipinski definition) is 2. The Morgan fingerprint density at radius 1 is 1.46 bits per heavy atom. The fourth-order valence-corrected chi connectivity index (χ4v) is 1.11. The minimum atomic E-state index is -0.644. The maximum absolute atomic E-state index is 13.1. The van der Waals surface area contributed by atoms with E-state index in [1.165, 1.54) is 4.90 Å². The molecule has 1 heterocycles. The lowest BCUT2D eigenvalue weighted by Gasteiger charge is -2.37. The van der Waals surface area contributed by atoms with E-state index >= 15 is 0 Å². The molecule has 0 bridgehead atoms. The molecule has 1 aliphatic rings. The molecule has 0 aromatic heterocycles. The van der Waals surface area contributed by atoms with Crippen LogP contribution in [0.15, 0.2) is 11.4 Å². The van der Waals surface area contributed by atoms with Crippen LogP contribution in [-0.2, 0) is 9.53 Å². The Labute approximate surface area is 77.2 Å². The zero-order chi connectivity index (χ0) is 10.0. The zero-order valence-corrected chi connectivity index (χ0v) is 8.13. The summed E-state index contributed by atoms with van der Waals surface area (Å²) in [5, 5.41) is 0. The molecule has 3 nitrogen and oxygen atoms in total.